The fourth-order valence-electron chi connectivity index (χ4n) is 3.33. The molecule has 1 aromatic carbocycles. The van der Waals surface area contributed by atoms with E-state index in [1.807, 2.05) is 0 Å². The van der Waals surface area contributed by atoms with Gasteiger partial charge in [-0.25, -0.2) is 4.57 Å². The normalized spacial score (nSPS) is 14.3. The predicted octanol–water partition coefficient (Wildman–Crippen LogP) is 4.27. The van der Waals surface area contributed by atoms with E-state index < -0.39 is 0 Å². The summed E-state index contributed by atoms with van der Waals surface area (Å²) in [6.07, 6.45) is 6.00. The van der Waals surface area contributed by atoms with Crippen LogP contribution in [0.1, 0.15) is 49.4 Å². The van der Waals surface area contributed by atoms with Crippen molar-refractivity contribution in [2.45, 2.75) is 52.4 Å². The molecule has 0 aliphatic heterocycles. The number of rotatable bonds is 1. The lowest BCUT2D eigenvalue weighted by Crippen LogP contribution is -2.32. The van der Waals surface area contributed by atoms with Crippen LogP contribution in [-0.2, 0) is 25.3 Å². The molecule has 0 radical (unpaired) electrons. The van der Waals surface area contributed by atoms with E-state index in [2.05, 4.69) is 69.8 Å². The van der Waals surface area contributed by atoms with Gasteiger partial charge in [0.05, 0.1) is 0 Å². The molecule has 0 saturated carbocycles. The van der Waals surface area contributed by atoms with Crippen molar-refractivity contribution in [1.29, 1.82) is 0 Å². The maximum Gasteiger partial charge on any atom is 0.212 e. The summed E-state index contributed by atoms with van der Waals surface area (Å²) in [6, 6.07) is 9.44. The van der Waals surface area contributed by atoms with Crippen molar-refractivity contribution >= 4 is 0 Å². The molecule has 0 fully saturated rings. The maximum atomic E-state index is 2.43. The number of hydrogen-bond acceptors (Lipinski definition) is 0. The zero-order valence-corrected chi connectivity index (χ0v) is 14.0. The quantitative estimate of drug-likeness (QED) is 0.687. The highest BCUT2D eigenvalue weighted by atomic mass is 14.9. The molecule has 1 nitrogen and oxygen atoms in total. The summed E-state index contributed by atoms with van der Waals surface area (Å²) in [5.74, 6) is 0. The van der Waals surface area contributed by atoms with Crippen molar-refractivity contribution in [2.75, 3.05) is 0 Å². The molecule has 1 heteroatoms. The van der Waals surface area contributed by atoms with Gasteiger partial charge in [0, 0.05) is 17.7 Å². The van der Waals surface area contributed by atoms with Crippen molar-refractivity contribution in [3.05, 3.63) is 52.7 Å². The van der Waals surface area contributed by atoms with Crippen LogP contribution in [0.25, 0.3) is 11.3 Å². The van der Waals surface area contributed by atoms with Crippen molar-refractivity contribution in [3.8, 4) is 11.3 Å². The Kier molecular flexibility index (Phi) is 3.39. The molecule has 3 rings (SSSR count). The van der Waals surface area contributed by atoms with Crippen LogP contribution in [0.15, 0.2) is 30.5 Å². The fourth-order valence-corrected chi connectivity index (χ4v) is 3.33. The van der Waals surface area contributed by atoms with Crippen LogP contribution >= 0.6 is 0 Å². The first-order valence-corrected chi connectivity index (χ1v) is 7.99. The Bertz CT molecular complexity index is 690. The summed E-state index contributed by atoms with van der Waals surface area (Å²) < 4.78 is 2.25. The van der Waals surface area contributed by atoms with Gasteiger partial charge in [0.25, 0.3) is 0 Å². The van der Waals surface area contributed by atoms with Crippen LogP contribution in [-0.4, -0.2) is 0 Å². The number of aromatic nitrogens is 1. The molecule has 1 aliphatic rings. The van der Waals surface area contributed by atoms with Crippen molar-refractivity contribution in [1.82, 2.24) is 0 Å². The highest BCUT2D eigenvalue weighted by Crippen LogP contribution is 2.31. The van der Waals surface area contributed by atoms with Gasteiger partial charge in [0.15, 0.2) is 6.20 Å². The molecular formula is C20H26N+. The molecular weight excluding hydrogens is 254 g/mol. The van der Waals surface area contributed by atoms with Crippen molar-refractivity contribution in [3.63, 3.8) is 0 Å². The number of aryl methyl sites for hydroxylation is 4. The second-order valence-electron chi connectivity index (χ2n) is 7.45. The third-order valence-corrected chi connectivity index (χ3v) is 4.73. The molecule has 0 saturated heterocycles. The zero-order chi connectivity index (χ0) is 15.2. The first-order chi connectivity index (χ1) is 9.86. The topological polar surface area (TPSA) is 3.88 Å². The summed E-state index contributed by atoms with van der Waals surface area (Å²) in [7, 11) is 2.15. The Labute approximate surface area is 128 Å². The molecule has 0 atom stereocenters. The van der Waals surface area contributed by atoms with Crippen LogP contribution in [0, 0.1) is 6.92 Å². The Morgan fingerprint density at radius 2 is 1.67 bits per heavy atom. The van der Waals surface area contributed by atoms with E-state index in [0.29, 0.717) is 0 Å². The number of pyridine rings is 1. The molecule has 0 bridgehead atoms. The van der Waals surface area contributed by atoms with E-state index in [0.717, 1.165) is 0 Å². The van der Waals surface area contributed by atoms with Crippen molar-refractivity contribution in [2.24, 2.45) is 7.05 Å². The molecule has 2 aromatic rings. The minimum absolute atomic E-state index is 0.188. The summed E-state index contributed by atoms with van der Waals surface area (Å²) in [5.41, 5.74) is 8.82. The molecule has 0 N–H and O–H groups in total. The number of fused-ring (bicyclic) bond motifs is 1. The summed E-state index contributed by atoms with van der Waals surface area (Å²) in [6.45, 7) is 9.09. The standard InChI is InChI=1S/C20H26N/c1-14-11-15-7-6-8-16(15)12-18(14)19-13-17(20(2,3)4)9-10-21(19)5/h9-13H,6-8H2,1-5H3/q+1. The van der Waals surface area contributed by atoms with E-state index in [1.54, 1.807) is 11.1 Å². The average Bonchev–Trinajstić information content (AvgIpc) is 2.84. The van der Waals surface area contributed by atoms with Gasteiger partial charge in [0.2, 0.25) is 5.69 Å². The largest absolute Gasteiger partial charge is 0.212 e. The summed E-state index contributed by atoms with van der Waals surface area (Å²) in [4.78, 5) is 0. The number of nitrogens with zero attached hydrogens (tertiary/aromatic N) is 1. The minimum Gasteiger partial charge on any atom is -0.201 e. The average molecular weight is 280 g/mol. The molecule has 0 unspecified atom stereocenters. The predicted molar refractivity (Wildman–Crippen MR) is 88.5 cm³/mol. The van der Waals surface area contributed by atoms with E-state index in [4.69, 9.17) is 0 Å². The molecule has 21 heavy (non-hydrogen) atoms. The Balaban J connectivity index is 2.16. The highest BCUT2D eigenvalue weighted by Gasteiger charge is 2.22. The summed E-state index contributed by atoms with van der Waals surface area (Å²) in [5, 5.41) is 0. The van der Waals surface area contributed by atoms with Gasteiger partial charge in [-0.3, -0.25) is 0 Å². The van der Waals surface area contributed by atoms with E-state index in [9.17, 15) is 0 Å². The summed E-state index contributed by atoms with van der Waals surface area (Å²) >= 11 is 0. The van der Waals surface area contributed by atoms with E-state index >= 15 is 0 Å². The van der Waals surface area contributed by atoms with Gasteiger partial charge in [-0.15, -0.1) is 0 Å². The van der Waals surface area contributed by atoms with Gasteiger partial charge in [0.1, 0.15) is 7.05 Å². The lowest BCUT2D eigenvalue weighted by atomic mass is 9.86. The highest BCUT2D eigenvalue weighted by molar-refractivity contribution is 5.64. The van der Waals surface area contributed by atoms with Crippen LogP contribution in [0.4, 0.5) is 0 Å². The Hall–Kier alpha value is -1.63. The van der Waals surface area contributed by atoms with Crippen LogP contribution in [0.3, 0.4) is 0 Å². The molecule has 0 amide bonds. The van der Waals surface area contributed by atoms with Gasteiger partial charge < -0.3 is 0 Å². The number of benzene rings is 1. The van der Waals surface area contributed by atoms with Gasteiger partial charge >= 0.3 is 0 Å². The molecule has 1 aromatic heterocycles. The lowest BCUT2D eigenvalue weighted by Gasteiger charge is -2.19. The van der Waals surface area contributed by atoms with Crippen LogP contribution in [0.5, 0.6) is 0 Å². The van der Waals surface area contributed by atoms with Crippen molar-refractivity contribution < 1.29 is 4.57 Å². The minimum atomic E-state index is 0.188. The zero-order valence-electron chi connectivity index (χ0n) is 14.0. The molecule has 1 aliphatic carbocycles. The third-order valence-electron chi connectivity index (χ3n) is 4.73. The van der Waals surface area contributed by atoms with Gasteiger partial charge in [-0.1, -0.05) is 26.8 Å². The Morgan fingerprint density at radius 1 is 1.00 bits per heavy atom. The van der Waals surface area contributed by atoms with Crippen LogP contribution < -0.4 is 4.57 Å². The van der Waals surface area contributed by atoms with Crippen LogP contribution in [0.2, 0.25) is 0 Å². The molecule has 0 spiro atoms. The molecule has 110 valence electrons. The molecule has 1 heterocycles. The SMILES string of the molecule is Cc1cc2c(cc1-c1cc(C(C)(C)C)cc[n+]1C)CCC2. The van der Waals surface area contributed by atoms with E-state index in [-0.39, 0.29) is 5.41 Å². The monoisotopic (exact) mass is 280 g/mol. The van der Waals surface area contributed by atoms with Gasteiger partial charge in [-0.05, 0) is 59.9 Å². The maximum absolute atomic E-state index is 2.43. The van der Waals surface area contributed by atoms with E-state index in [1.165, 1.54) is 41.6 Å². The fraction of sp³-hybridized carbons (Fsp3) is 0.450. The third kappa shape index (κ3) is 2.62. The number of hydrogen-bond donors (Lipinski definition) is 0. The second kappa shape index (κ2) is 4.98. The lowest BCUT2D eigenvalue weighted by molar-refractivity contribution is -0.660. The first kappa shape index (κ1) is 14.3. The van der Waals surface area contributed by atoms with Gasteiger partial charge in [-0.2, -0.15) is 0 Å². The Morgan fingerprint density at radius 3 is 2.33 bits per heavy atom. The second-order valence-corrected chi connectivity index (χ2v) is 7.45. The first-order valence-electron chi connectivity index (χ1n) is 7.99. The smallest absolute Gasteiger partial charge is 0.201 e.